The van der Waals surface area contributed by atoms with Crippen molar-refractivity contribution < 1.29 is 13.2 Å². The SMILES string of the molecule is Fc1ccc(NCc2nc3ccccc3s2)c(F)c1F. The molecule has 3 rings (SSSR count). The summed E-state index contributed by atoms with van der Waals surface area (Å²) < 4.78 is 40.4. The lowest BCUT2D eigenvalue weighted by Gasteiger charge is -2.06. The molecule has 0 aliphatic rings. The molecule has 6 heteroatoms. The van der Waals surface area contributed by atoms with Crippen LogP contribution in [0.5, 0.6) is 0 Å². The zero-order valence-corrected chi connectivity index (χ0v) is 11.0. The van der Waals surface area contributed by atoms with E-state index in [1.807, 2.05) is 24.3 Å². The number of halogens is 3. The monoisotopic (exact) mass is 294 g/mol. The Labute approximate surface area is 116 Å². The van der Waals surface area contributed by atoms with Crippen LogP contribution in [0, 0.1) is 17.5 Å². The third-order valence-electron chi connectivity index (χ3n) is 2.80. The van der Waals surface area contributed by atoms with Gasteiger partial charge in [0.2, 0.25) is 0 Å². The van der Waals surface area contributed by atoms with Crippen molar-refractivity contribution in [1.29, 1.82) is 0 Å². The Balaban J connectivity index is 1.81. The van der Waals surface area contributed by atoms with Gasteiger partial charge in [-0.1, -0.05) is 12.1 Å². The van der Waals surface area contributed by atoms with E-state index in [9.17, 15) is 13.2 Å². The molecule has 0 radical (unpaired) electrons. The molecule has 0 spiro atoms. The van der Waals surface area contributed by atoms with E-state index in [1.165, 1.54) is 17.4 Å². The second kappa shape index (κ2) is 5.13. The van der Waals surface area contributed by atoms with E-state index in [1.54, 1.807) is 0 Å². The quantitative estimate of drug-likeness (QED) is 0.727. The van der Waals surface area contributed by atoms with E-state index in [4.69, 9.17) is 0 Å². The van der Waals surface area contributed by atoms with Crippen LogP contribution < -0.4 is 5.32 Å². The molecule has 1 N–H and O–H groups in total. The molecule has 0 aliphatic heterocycles. The lowest BCUT2D eigenvalue weighted by molar-refractivity contribution is 0.449. The molecular formula is C14H9F3N2S. The maximum Gasteiger partial charge on any atom is 0.196 e. The maximum absolute atomic E-state index is 13.5. The highest BCUT2D eigenvalue weighted by Crippen LogP contribution is 2.24. The first-order chi connectivity index (χ1) is 9.65. The first-order valence-electron chi connectivity index (χ1n) is 5.87. The molecule has 102 valence electrons. The highest BCUT2D eigenvalue weighted by molar-refractivity contribution is 7.18. The molecule has 2 aromatic carbocycles. The fourth-order valence-electron chi connectivity index (χ4n) is 1.83. The Morgan fingerprint density at radius 3 is 2.60 bits per heavy atom. The van der Waals surface area contributed by atoms with Gasteiger partial charge in [0.15, 0.2) is 17.5 Å². The van der Waals surface area contributed by atoms with E-state index < -0.39 is 17.5 Å². The summed E-state index contributed by atoms with van der Waals surface area (Å²) in [6, 6.07) is 9.67. The standard InChI is InChI=1S/C14H9F3N2S/c15-8-5-6-10(14(17)13(8)16)18-7-12-19-9-3-1-2-4-11(9)20-12/h1-6,18H,7H2. The number of benzene rings is 2. The summed E-state index contributed by atoms with van der Waals surface area (Å²) >= 11 is 1.47. The van der Waals surface area contributed by atoms with Crippen LogP contribution in [0.2, 0.25) is 0 Å². The lowest BCUT2D eigenvalue weighted by Crippen LogP contribution is -2.03. The molecule has 0 aliphatic carbocycles. The summed E-state index contributed by atoms with van der Waals surface area (Å²) in [5.41, 5.74) is 0.781. The van der Waals surface area contributed by atoms with Crippen molar-refractivity contribution in [2.75, 3.05) is 5.32 Å². The number of hydrogen-bond acceptors (Lipinski definition) is 3. The van der Waals surface area contributed by atoms with Crippen molar-refractivity contribution in [2.24, 2.45) is 0 Å². The van der Waals surface area contributed by atoms with E-state index >= 15 is 0 Å². The summed E-state index contributed by atoms with van der Waals surface area (Å²) in [6.45, 7) is 0.251. The lowest BCUT2D eigenvalue weighted by atomic mass is 10.3. The molecule has 2 nitrogen and oxygen atoms in total. The van der Waals surface area contributed by atoms with Crippen LogP contribution in [0.1, 0.15) is 5.01 Å². The number of fused-ring (bicyclic) bond motifs is 1. The van der Waals surface area contributed by atoms with Crippen molar-refractivity contribution in [1.82, 2.24) is 4.98 Å². The van der Waals surface area contributed by atoms with Crippen molar-refractivity contribution in [3.8, 4) is 0 Å². The minimum atomic E-state index is -1.47. The molecule has 1 heterocycles. The van der Waals surface area contributed by atoms with Crippen LogP contribution in [0.4, 0.5) is 18.9 Å². The Hall–Kier alpha value is -2.08. The zero-order chi connectivity index (χ0) is 14.1. The van der Waals surface area contributed by atoms with Gasteiger partial charge in [-0.15, -0.1) is 11.3 Å². The number of nitrogens with zero attached hydrogens (tertiary/aromatic N) is 1. The second-order valence-corrected chi connectivity index (χ2v) is 5.27. The number of nitrogens with one attached hydrogen (secondary N) is 1. The van der Waals surface area contributed by atoms with Gasteiger partial charge in [0, 0.05) is 0 Å². The molecule has 0 unspecified atom stereocenters. The number of anilines is 1. The zero-order valence-electron chi connectivity index (χ0n) is 10.2. The van der Waals surface area contributed by atoms with Crippen LogP contribution in [0.25, 0.3) is 10.2 Å². The summed E-state index contributed by atoms with van der Waals surface area (Å²) in [6.07, 6.45) is 0. The third-order valence-corrected chi connectivity index (χ3v) is 3.84. The number of hydrogen-bond donors (Lipinski definition) is 1. The van der Waals surface area contributed by atoms with Gasteiger partial charge >= 0.3 is 0 Å². The van der Waals surface area contributed by atoms with E-state index in [-0.39, 0.29) is 12.2 Å². The minimum Gasteiger partial charge on any atom is -0.376 e. The predicted octanol–water partition coefficient (Wildman–Crippen LogP) is 4.33. The van der Waals surface area contributed by atoms with Gasteiger partial charge in [-0.05, 0) is 24.3 Å². The molecule has 1 aromatic heterocycles. The average Bonchev–Trinajstić information content (AvgIpc) is 2.87. The van der Waals surface area contributed by atoms with Gasteiger partial charge in [0.25, 0.3) is 0 Å². The Kier molecular flexibility index (Phi) is 3.31. The Morgan fingerprint density at radius 1 is 1.00 bits per heavy atom. The average molecular weight is 294 g/mol. The van der Waals surface area contributed by atoms with Crippen molar-refractivity contribution in [2.45, 2.75) is 6.54 Å². The van der Waals surface area contributed by atoms with E-state index in [0.717, 1.165) is 21.3 Å². The summed E-state index contributed by atoms with van der Waals surface area (Å²) in [7, 11) is 0. The van der Waals surface area contributed by atoms with Gasteiger partial charge in [0.1, 0.15) is 5.01 Å². The molecule has 0 amide bonds. The van der Waals surface area contributed by atoms with Crippen LogP contribution in [-0.4, -0.2) is 4.98 Å². The van der Waals surface area contributed by atoms with Crippen LogP contribution in [-0.2, 0) is 6.54 Å². The molecule has 0 saturated heterocycles. The molecule has 0 fully saturated rings. The molecule has 0 bridgehead atoms. The van der Waals surface area contributed by atoms with Gasteiger partial charge in [-0.3, -0.25) is 0 Å². The molecule has 20 heavy (non-hydrogen) atoms. The van der Waals surface area contributed by atoms with E-state index in [2.05, 4.69) is 10.3 Å². The van der Waals surface area contributed by atoms with Crippen molar-refractivity contribution in [3.05, 3.63) is 58.9 Å². The Bertz CT molecular complexity index is 737. The van der Waals surface area contributed by atoms with Crippen molar-refractivity contribution in [3.63, 3.8) is 0 Å². The fraction of sp³-hybridized carbons (Fsp3) is 0.0714. The van der Waals surface area contributed by atoms with Gasteiger partial charge in [-0.25, -0.2) is 18.2 Å². The largest absolute Gasteiger partial charge is 0.376 e. The number of thiazole rings is 1. The highest BCUT2D eigenvalue weighted by Gasteiger charge is 2.13. The van der Waals surface area contributed by atoms with Gasteiger partial charge in [-0.2, -0.15) is 0 Å². The number of rotatable bonds is 3. The van der Waals surface area contributed by atoms with Gasteiger partial charge in [0.05, 0.1) is 22.4 Å². The third kappa shape index (κ3) is 2.34. The normalized spacial score (nSPS) is 10.9. The van der Waals surface area contributed by atoms with Gasteiger partial charge < -0.3 is 5.32 Å². The predicted molar refractivity (Wildman–Crippen MR) is 73.3 cm³/mol. The molecule has 0 saturated carbocycles. The number of para-hydroxylation sites is 1. The van der Waals surface area contributed by atoms with Crippen molar-refractivity contribution >= 4 is 27.2 Å². The first kappa shape index (κ1) is 12.9. The highest BCUT2D eigenvalue weighted by atomic mass is 32.1. The minimum absolute atomic E-state index is 0.0804. The van der Waals surface area contributed by atoms with E-state index in [0.29, 0.717) is 0 Å². The second-order valence-electron chi connectivity index (χ2n) is 4.15. The van der Waals surface area contributed by atoms with Crippen LogP contribution >= 0.6 is 11.3 Å². The summed E-state index contributed by atoms with van der Waals surface area (Å²) in [4.78, 5) is 4.36. The first-order valence-corrected chi connectivity index (χ1v) is 6.68. The number of aromatic nitrogens is 1. The topological polar surface area (TPSA) is 24.9 Å². The van der Waals surface area contributed by atoms with Crippen LogP contribution in [0.15, 0.2) is 36.4 Å². The molecular weight excluding hydrogens is 285 g/mol. The molecule has 0 atom stereocenters. The summed E-state index contributed by atoms with van der Waals surface area (Å²) in [5.74, 6) is -3.89. The molecule has 3 aromatic rings. The summed E-state index contributed by atoms with van der Waals surface area (Å²) in [5, 5.41) is 3.47. The Morgan fingerprint density at radius 2 is 1.80 bits per heavy atom. The van der Waals surface area contributed by atoms with Crippen LogP contribution in [0.3, 0.4) is 0 Å². The fourth-order valence-corrected chi connectivity index (χ4v) is 2.74. The smallest absolute Gasteiger partial charge is 0.196 e. The maximum atomic E-state index is 13.5.